The molecule has 1 aliphatic heterocycles. The fourth-order valence-electron chi connectivity index (χ4n) is 2.74. The Hall–Kier alpha value is -2.04. The third-order valence-corrected chi connectivity index (χ3v) is 4.84. The lowest BCUT2D eigenvalue weighted by Gasteiger charge is -2.28. The van der Waals surface area contributed by atoms with Crippen LogP contribution in [0.3, 0.4) is 0 Å². The van der Waals surface area contributed by atoms with Crippen LogP contribution in [-0.2, 0) is 17.8 Å². The molecule has 0 saturated carbocycles. The zero-order valence-electron chi connectivity index (χ0n) is 13.1. The van der Waals surface area contributed by atoms with Gasteiger partial charge in [0.1, 0.15) is 0 Å². The van der Waals surface area contributed by atoms with Crippen LogP contribution < -0.4 is 5.32 Å². The minimum atomic E-state index is -0.257. The van der Waals surface area contributed by atoms with Crippen LogP contribution in [-0.4, -0.2) is 23.3 Å². The molecule has 2 amide bonds. The number of amides is 2. The summed E-state index contributed by atoms with van der Waals surface area (Å²) in [5.74, 6) is -0.196. The van der Waals surface area contributed by atoms with Gasteiger partial charge in [-0.3, -0.25) is 9.59 Å². The Balaban J connectivity index is 1.78. The minimum Gasteiger partial charge on any atom is -0.338 e. The van der Waals surface area contributed by atoms with Gasteiger partial charge in [0.05, 0.1) is 10.0 Å². The first-order valence-corrected chi connectivity index (χ1v) is 8.33. The van der Waals surface area contributed by atoms with Crippen LogP contribution in [0, 0.1) is 0 Å². The maximum atomic E-state index is 12.3. The van der Waals surface area contributed by atoms with Gasteiger partial charge in [-0.2, -0.15) is 0 Å². The van der Waals surface area contributed by atoms with Crippen LogP contribution in [0.5, 0.6) is 0 Å². The van der Waals surface area contributed by atoms with Crippen LogP contribution in [0.25, 0.3) is 0 Å². The average molecular weight is 363 g/mol. The van der Waals surface area contributed by atoms with E-state index < -0.39 is 0 Å². The summed E-state index contributed by atoms with van der Waals surface area (Å²) >= 11 is 11.8. The van der Waals surface area contributed by atoms with Crippen LogP contribution in [0.15, 0.2) is 36.4 Å². The lowest BCUT2D eigenvalue weighted by molar-refractivity contribution is -0.129. The van der Waals surface area contributed by atoms with Crippen molar-refractivity contribution in [2.75, 3.05) is 11.9 Å². The first-order valence-electron chi connectivity index (χ1n) is 7.58. The highest BCUT2D eigenvalue weighted by molar-refractivity contribution is 6.42. The molecule has 0 saturated heterocycles. The molecule has 4 nitrogen and oxygen atoms in total. The van der Waals surface area contributed by atoms with E-state index in [1.54, 1.807) is 24.0 Å². The number of nitrogens with one attached hydrogen (secondary N) is 1. The molecule has 124 valence electrons. The van der Waals surface area contributed by atoms with Crippen LogP contribution in [0.2, 0.25) is 10.0 Å². The third-order valence-electron chi connectivity index (χ3n) is 4.10. The first kappa shape index (κ1) is 16.8. The number of benzene rings is 2. The standard InChI is InChI=1S/C18H16Cl2N2O2/c1-11(23)22-7-6-12-2-4-15(8-14(12)10-22)21-18(24)13-3-5-16(19)17(20)9-13/h2-5,8-9H,6-7,10H2,1H3,(H,21,24). The molecule has 2 aromatic carbocycles. The van der Waals surface area contributed by atoms with Crippen molar-refractivity contribution in [3.05, 3.63) is 63.1 Å². The van der Waals surface area contributed by atoms with Crippen LogP contribution >= 0.6 is 23.2 Å². The van der Waals surface area contributed by atoms with Crippen molar-refractivity contribution in [1.82, 2.24) is 4.90 Å². The Labute approximate surface area is 150 Å². The van der Waals surface area contributed by atoms with E-state index in [-0.39, 0.29) is 11.8 Å². The molecule has 3 rings (SSSR count). The van der Waals surface area contributed by atoms with E-state index in [1.165, 1.54) is 11.6 Å². The monoisotopic (exact) mass is 362 g/mol. The van der Waals surface area contributed by atoms with E-state index in [0.29, 0.717) is 27.8 Å². The molecule has 0 spiro atoms. The van der Waals surface area contributed by atoms with Gasteiger partial charge in [0, 0.05) is 31.3 Å². The molecule has 0 fully saturated rings. The number of hydrogen-bond donors (Lipinski definition) is 1. The third kappa shape index (κ3) is 3.55. The number of fused-ring (bicyclic) bond motifs is 1. The fraction of sp³-hybridized carbons (Fsp3) is 0.222. The minimum absolute atomic E-state index is 0.0610. The van der Waals surface area contributed by atoms with Gasteiger partial charge < -0.3 is 10.2 Å². The molecular formula is C18H16Cl2N2O2. The number of halogens is 2. The summed E-state index contributed by atoms with van der Waals surface area (Å²) in [4.78, 5) is 25.7. The van der Waals surface area contributed by atoms with Gasteiger partial charge in [0.25, 0.3) is 5.91 Å². The first-order chi connectivity index (χ1) is 11.4. The highest BCUT2D eigenvalue weighted by Gasteiger charge is 2.18. The second-order valence-corrected chi connectivity index (χ2v) is 6.57. The number of rotatable bonds is 2. The molecule has 0 radical (unpaired) electrons. The smallest absolute Gasteiger partial charge is 0.255 e. The van der Waals surface area contributed by atoms with E-state index in [2.05, 4.69) is 5.32 Å². The summed E-state index contributed by atoms with van der Waals surface area (Å²) in [6.45, 7) is 2.87. The molecule has 24 heavy (non-hydrogen) atoms. The molecule has 0 aliphatic carbocycles. The number of hydrogen-bond acceptors (Lipinski definition) is 2. The molecule has 2 aromatic rings. The molecule has 1 N–H and O–H groups in total. The van der Waals surface area contributed by atoms with Crippen molar-refractivity contribution in [3.8, 4) is 0 Å². The normalized spacial score (nSPS) is 13.4. The van der Waals surface area contributed by atoms with Crippen LogP contribution in [0.4, 0.5) is 5.69 Å². The van der Waals surface area contributed by atoms with Crippen molar-refractivity contribution in [2.24, 2.45) is 0 Å². The van der Waals surface area contributed by atoms with Crippen molar-refractivity contribution in [3.63, 3.8) is 0 Å². The Morgan fingerprint density at radius 2 is 1.83 bits per heavy atom. The number of nitrogens with zero attached hydrogens (tertiary/aromatic N) is 1. The lowest BCUT2D eigenvalue weighted by atomic mass is 9.99. The van der Waals surface area contributed by atoms with Gasteiger partial charge in [0.15, 0.2) is 0 Å². The Morgan fingerprint density at radius 1 is 1.04 bits per heavy atom. The average Bonchev–Trinajstić information content (AvgIpc) is 2.56. The molecule has 0 bridgehead atoms. The van der Waals surface area contributed by atoms with Crippen molar-refractivity contribution >= 4 is 40.7 Å². The summed E-state index contributed by atoms with van der Waals surface area (Å²) in [6.07, 6.45) is 0.829. The Bertz CT molecular complexity index is 821. The van der Waals surface area contributed by atoms with E-state index in [4.69, 9.17) is 23.2 Å². The summed E-state index contributed by atoms with van der Waals surface area (Å²) in [5.41, 5.74) is 3.39. The summed E-state index contributed by atoms with van der Waals surface area (Å²) in [5, 5.41) is 3.60. The van der Waals surface area contributed by atoms with Gasteiger partial charge in [-0.25, -0.2) is 0 Å². The SMILES string of the molecule is CC(=O)N1CCc2ccc(NC(=O)c3ccc(Cl)c(Cl)c3)cc2C1. The predicted molar refractivity (Wildman–Crippen MR) is 95.7 cm³/mol. The molecule has 1 aliphatic rings. The zero-order chi connectivity index (χ0) is 17.3. The molecular weight excluding hydrogens is 347 g/mol. The number of anilines is 1. The van der Waals surface area contributed by atoms with Gasteiger partial charge in [-0.1, -0.05) is 29.3 Å². The topological polar surface area (TPSA) is 49.4 Å². The second kappa shape index (κ2) is 6.83. The second-order valence-electron chi connectivity index (χ2n) is 5.76. The molecule has 1 heterocycles. The highest BCUT2D eigenvalue weighted by Crippen LogP contribution is 2.25. The maximum Gasteiger partial charge on any atom is 0.255 e. The van der Waals surface area contributed by atoms with Gasteiger partial charge >= 0.3 is 0 Å². The number of carbonyl (C=O) groups is 2. The zero-order valence-corrected chi connectivity index (χ0v) is 14.6. The van der Waals surface area contributed by atoms with E-state index in [0.717, 1.165) is 18.5 Å². The fourth-order valence-corrected chi connectivity index (χ4v) is 3.04. The summed E-state index contributed by atoms with van der Waals surface area (Å²) < 4.78 is 0. The van der Waals surface area contributed by atoms with E-state index >= 15 is 0 Å². The summed E-state index contributed by atoms with van der Waals surface area (Å²) in [7, 11) is 0. The molecule has 0 atom stereocenters. The lowest BCUT2D eigenvalue weighted by Crippen LogP contribution is -2.34. The maximum absolute atomic E-state index is 12.3. The van der Waals surface area contributed by atoms with Crippen molar-refractivity contribution < 1.29 is 9.59 Å². The van der Waals surface area contributed by atoms with Crippen molar-refractivity contribution in [1.29, 1.82) is 0 Å². The number of carbonyl (C=O) groups excluding carboxylic acids is 2. The molecule has 0 unspecified atom stereocenters. The quantitative estimate of drug-likeness (QED) is 0.872. The Morgan fingerprint density at radius 3 is 2.54 bits per heavy atom. The van der Waals surface area contributed by atoms with Gasteiger partial charge in [-0.05, 0) is 47.9 Å². The summed E-state index contributed by atoms with van der Waals surface area (Å²) in [6, 6.07) is 10.5. The predicted octanol–water partition coefficient (Wildman–Crippen LogP) is 4.15. The van der Waals surface area contributed by atoms with Crippen molar-refractivity contribution in [2.45, 2.75) is 19.9 Å². The van der Waals surface area contributed by atoms with Gasteiger partial charge in [-0.15, -0.1) is 0 Å². The van der Waals surface area contributed by atoms with Gasteiger partial charge in [0.2, 0.25) is 5.91 Å². The molecule has 6 heteroatoms. The largest absolute Gasteiger partial charge is 0.338 e. The van der Waals surface area contributed by atoms with E-state index in [9.17, 15) is 9.59 Å². The highest BCUT2D eigenvalue weighted by atomic mass is 35.5. The molecule has 0 aromatic heterocycles. The van der Waals surface area contributed by atoms with Crippen LogP contribution in [0.1, 0.15) is 28.4 Å². The Kier molecular flexibility index (Phi) is 4.78. The van der Waals surface area contributed by atoms with E-state index in [1.807, 2.05) is 18.2 Å².